The molecule has 1 aromatic carbocycles. The molecule has 0 saturated heterocycles. The quantitative estimate of drug-likeness (QED) is 0.640. The fourth-order valence-electron chi connectivity index (χ4n) is 1.87. The molecule has 2 aromatic rings. The van der Waals surface area contributed by atoms with Crippen molar-refractivity contribution in [2.24, 2.45) is 0 Å². The molecule has 6 nitrogen and oxygen atoms in total. The summed E-state index contributed by atoms with van der Waals surface area (Å²) in [5.41, 5.74) is 0.626. The lowest BCUT2D eigenvalue weighted by Gasteiger charge is -2.19. The summed E-state index contributed by atoms with van der Waals surface area (Å²) in [7, 11) is 0. The molecule has 0 radical (unpaired) electrons. The van der Waals surface area contributed by atoms with Gasteiger partial charge in [0.05, 0.1) is 0 Å². The third kappa shape index (κ3) is 7.27. The van der Waals surface area contributed by atoms with E-state index in [1.807, 2.05) is 0 Å². The van der Waals surface area contributed by atoms with Gasteiger partial charge in [0, 0.05) is 11.3 Å². The molecular weight excluding hydrogens is 455 g/mol. The van der Waals surface area contributed by atoms with E-state index in [1.165, 1.54) is 0 Å². The normalized spacial score (nSPS) is 12.0. The third-order valence-corrected chi connectivity index (χ3v) is 3.75. The Kier molecular flexibility index (Phi) is 7.45. The number of rotatable bonds is 4. The Labute approximate surface area is 174 Å². The number of aromatic nitrogens is 2. The Hall–Kier alpha value is -2.80. The van der Waals surface area contributed by atoms with Crippen LogP contribution in [0, 0.1) is 11.8 Å². The van der Waals surface area contributed by atoms with Gasteiger partial charge in [0.25, 0.3) is 6.36 Å². The largest absolute Gasteiger partial charge is 0.444 e. The van der Waals surface area contributed by atoms with Gasteiger partial charge >= 0.3 is 12.5 Å². The molecule has 0 aliphatic carbocycles. The van der Waals surface area contributed by atoms with Crippen LogP contribution < -0.4 is 10.1 Å². The molecule has 154 valence electrons. The third-order valence-electron chi connectivity index (χ3n) is 3.04. The number of ether oxygens (including phenoxy) is 2. The minimum Gasteiger partial charge on any atom is -0.444 e. The van der Waals surface area contributed by atoms with Crippen molar-refractivity contribution in [2.75, 3.05) is 5.32 Å². The number of amides is 1. The van der Waals surface area contributed by atoms with Crippen LogP contribution in [0.5, 0.6) is 5.88 Å². The number of hydrogen-bond donors (Lipinski definition) is 1. The second kappa shape index (κ2) is 9.60. The summed E-state index contributed by atoms with van der Waals surface area (Å²) < 4.78 is 47.3. The second-order valence-electron chi connectivity index (χ2n) is 6.60. The maximum absolute atomic E-state index is 13.1. The highest BCUT2D eigenvalue weighted by Gasteiger charge is 2.23. The Balaban J connectivity index is 2.09. The van der Waals surface area contributed by atoms with Gasteiger partial charge in [-0.15, -0.1) is 0 Å². The first kappa shape index (κ1) is 22.5. The number of anilines is 1. The zero-order valence-electron chi connectivity index (χ0n) is 15.7. The van der Waals surface area contributed by atoms with E-state index in [1.54, 1.807) is 45.0 Å². The Morgan fingerprint density at radius 1 is 1.14 bits per heavy atom. The lowest BCUT2D eigenvalue weighted by molar-refractivity contribution is -0.0695. The van der Waals surface area contributed by atoms with Crippen LogP contribution in [0.1, 0.15) is 32.0 Å². The fraction of sp³-hybridized carbons (Fsp3) is 0.316. The summed E-state index contributed by atoms with van der Waals surface area (Å²) in [6, 6.07) is 6.57. The molecule has 1 amide bonds. The molecule has 0 aliphatic heterocycles. The lowest BCUT2D eigenvalue weighted by atomic mass is 10.2. The van der Waals surface area contributed by atoms with Crippen molar-refractivity contribution in [2.45, 2.75) is 39.2 Å². The van der Waals surface area contributed by atoms with Crippen molar-refractivity contribution < 1.29 is 27.4 Å². The standard InChI is InChI=1S/C19H17BrF3N3O3/c1-19(2,3)29-18(27)26-12-7-4-11(5-8-12)6-9-13-14(20)17(25-10-24-13)28-16(23)15(21)22/h4-5,7-8,10,15-16H,1-3H3,(H,26,27). The molecule has 1 heterocycles. The summed E-state index contributed by atoms with van der Waals surface area (Å²) in [5, 5.41) is 2.59. The van der Waals surface area contributed by atoms with Crippen LogP contribution >= 0.6 is 15.9 Å². The predicted molar refractivity (Wildman–Crippen MR) is 104 cm³/mol. The topological polar surface area (TPSA) is 73.3 Å². The monoisotopic (exact) mass is 471 g/mol. The highest BCUT2D eigenvalue weighted by atomic mass is 79.9. The lowest BCUT2D eigenvalue weighted by Crippen LogP contribution is -2.27. The molecule has 0 spiro atoms. The summed E-state index contributed by atoms with van der Waals surface area (Å²) in [5.74, 6) is 5.15. The molecule has 1 unspecified atom stereocenters. The van der Waals surface area contributed by atoms with Gasteiger partial charge in [-0.2, -0.15) is 4.39 Å². The number of hydrogen-bond acceptors (Lipinski definition) is 5. The number of halogens is 4. The van der Waals surface area contributed by atoms with Crippen molar-refractivity contribution in [1.29, 1.82) is 0 Å². The molecule has 0 bridgehead atoms. The minimum absolute atomic E-state index is 0.0546. The molecule has 1 N–H and O–H groups in total. The van der Waals surface area contributed by atoms with Crippen molar-refractivity contribution >= 4 is 27.7 Å². The van der Waals surface area contributed by atoms with Crippen molar-refractivity contribution in [3.8, 4) is 17.7 Å². The summed E-state index contributed by atoms with van der Waals surface area (Å²) in [4.78, 5) is 19.3. The maximum atomic E-state index is 13.1. The second-order valence-corrected chi connectivity index (χ2v) is 7.39. The van der Waals surface area contributed by atoms with Gasteiger partial charge in [-0.05, 0) is 66.9 Å². The van der Waals surface area contributed by atoms with E-state index in [0.717, 1.165) is 6.33 Å². The Bertz CT molecular complexity index is 922. The highest BCUT2D eigenvalue weighted by Crippen LogP contribution is 2.26. The van der Waals surface area contributed by atoms with Gasteiger partial charge in [0.15, 0.2) is 0 Å². The number of nitrogens with zero attached hydrogens (tertiary/aromatic N) is 2. The first-order valence-electron chi connectivity index (χ1n) is 8.26. The van der Waals surface area contributed by atoms with Crippen molar-refractivity contribution in [1.82, 2.24) is 9.97 Å². The zero-order valence-corrected chi connectivity index (χ0v) is 17.3. The van der Waals surface area contributed by atoms with E-state index >= 15 is 0 Å². The van der Waals surface area contributed by atoms with Crippen molar-refractivity contribution in [3.05, 3.63) is 46.3 Å². The summed E-state index contributed by atoms with van der Waals surface area (Å²) in [6.07, 6.45) is -5.68. The van der Waals surface area contributed by atoms with Gasteiger partial charge in [-0.25, -0.2) is 23.5 Å². The van der Waals surface area contributed by atoms with E-state index in [9.17, 15) is 18.0 Å². The van der Waals surface area contributed by atoms with Gasteiger partial charge in [0.2, 0.25) is 5.88 Å². The number of benzene rings is 1. The Morgan fingerprint density at radius 2 is 1.79 bits per heavy atom. The molecule has 2 rings (SSSR count). The van der Waals surface area contributed by atoms with E-state index in [-0.39, 0.29) is 16.0 Å². The number of carbonyl (C=O) groups is 1. The molecule has 0 aliphatic rings. The van der Waals surface area contributed by atoms with Crippen LogP contribution in [0.2, 0.25) is 0 Å². The van der Waals surface area contributed by atoms with Crippen LogP contribution in [-0.2, 0) is 4.74 Å². The van der Waals surface area contributed by atoms with Crippen LogP contribution in [-0.4, -0.2) is 34.4 Å². The summed E-state index contributed by atoms with van der Waals surface area (Å²) in [6.45, 7) is 5.27. The first-order valence-corrected chi connectivity index (χ1v) is 9.06. The Morgan fingerprint density at radius 3 is 2.38 bits per heavy atom. The van der Waals surface area contributed by atoms with Gasteiger partial charge in [0.1, 0.15) is 22.1 Å². The van der Waals surface area contributed by atoms with E-state index in [0.29, 0.717) is 11.3 Å². The van der Waals surface area contributed by atoms with Crippen LogP contribution in [0.25, 0.3) is 0 Å². The molecule has 1 aromatic heterocycles. The van der Waals surface area contributed by atoms with Crippen LogP contribution in [0.15, 0.2) is 35.1 Å². The number of carbonyl (C=O) groups excluding carboxylic acids is 1. The molecular formula is C19H17BrF3N3O3. The van der Waals surface area contributed by atoms with Gasteiger partial charge < -0.3 is 9.47 Å². The van der Waals surface area contributed by atoms with Gasteiger partial charge in [-0.1, -0.05) is 5.92 Å². The smallest absolute Gasteiger partial charge is 0.412 e. The first-order chi connectivity index (χ1) is 13.5. The average molecular weight is 472 g/mol. The predicted octanol–water partition coefficient (Wildman–Crippen LogP) is 4.93. The van der Waals surface area contributed by atoms with E-state index in [4.69, 9.17) is 4.74 Å². The minimum atomic E-state index is -3.31. The summed E-state index contributed by atoms with van der Waals surface area (Å²) >= 11 is 3.07. The number of nitrogens with one attached hydrogen (secondary N) is 1. The van der Waals surface area contributed by atoms with Gasteiger partial charge in [-0.3, -0.25) is 5.32 Å². The zero-order chi connectivity index (χ0) is 21.6. The van der Waals surface area contributed by atoms with E-state index < -0.39 is 24.5 Å². The molecule has 0 fully saturated rings. The molecule has 1 atom stereocenters. The SMILES string of the molecule is CC(C)(C)OC(=O)Nc1ccc(C#Cc2ncnc(OC(F)C(F)F)c2Br)cc1. The molecule has 0 saturated carbocycles. The number of alkyl halides is 3. The highest BCUT2D eigenvalue weighted by molar-refractivity contribution is 9.10. The maximum Gasteiger partial charge on any atom is 0.412 e. The van der Waals surface area contributed by atoms with E-state index in [2.05, 4.69) is 47.8 Å². The fourth-order valence-corrected chi connectivity index (χ4v) is 2.27. The molecule has 10 heteroatoms. The van der Waals surface area contributed by atoms with Crippen molar-refractivity contribution in [3.63, 3.8) is 0 Å². The van der Waals surface area contributed by atoms with Crippen LogP contribution in [0.4, 0.5) is 23.7 Å². The average Bonchev–Trinajstić information content (AvgIpc) is 2.62. The van der Waals surface area contributed by atoms with Crippen LogP contribution in [0.3, 0.4) is 0 Å². The molecule has 29 heavy (non-hydrogen) atoms.